The van der Waals surface area contributed by atoms with Crippen molar-refractivity contribution in [2.75, 3.05) is 23.3 Å². The van der Waals surface area contributed by atoms with Crippen LogP contribution < -0.4 is 20.0 Å². The number of anilines is 2. The Morgan fingerprint density at radius 1 is 1.19 bits per heavy atom. The zero-order chi connectivity index (χ0) is 23.0. The molecule has 1 aliphatic rings. The number of nitrogens with one attached hydrogen (secondary N) is 3. The van der Waals surface area contributed by atoms with Crippen LogP contribution in [-0.2, 0) is 9.47 Å². The minimum Gasteiger partial charge on any atom is -0.444 e. The van der Waals surface area contributed by atoms with Crippen molar-refractivity contribution >= 4 is 41.1 Å². The average molecular weight is 454 g/mol. The summed E-state index contributed by atoms with van der Waals surface area (Å²) >= 11 is 6.27. The van der Waals surface area contributed by atoms with Crippen LogP contribution in [0.4, 0.5) is 21.2 Å². The lowest BCUT2D eigenvalue weighted by Gasteiger charge is -2.22. The second kappa shape index (κ2) is 8.41. The summed E-state index contributed by atoms with van der Waals surface area (Å²) in [6.07, 6.45) is 1.29. The first kappa shape index (κ1) is 22.9. The van der Waals surface area contributed by atoms with Gasteiger partial charge in [-0.15, -0.1) is 4.52 Å². The van der Waals surface area contributed by atoms with Gasteiger partial charge in [0.15, 0.2) is 0 Å². The maximum atomic E-state index is 12.3. The Hall–Kier alpha value is -2.75. The summed E-state index contributed by atoms with van der Waals surface area (Å²) in [5.41, 5.74) is -0.722. The fourth-order valence-electron chi connectivity index (χ4n) is 3.19. The number of carbonyl (C=O) groups excluding carboxylic acids is 2. The zero-order valence-electron chi connectivity index (χ0n) is 18.7. The van der Waals surface area contributed by atoms with Gasteiger partial charge in [-0.05, 0) is 48.0 Å². The van der Waals surface area contributed by atoms with E-state index >= 15 is 0 Å². The van der Waals surface area contributed by atoms with Crippen molar-refractivity contribution in [3.8, 4) is 0 Å². The van der Waals surface area contributed by atoms with Crippen molar-refractivity contribution in [3.63, 3.8) is 0 Å². The molecule has 0 spiro atoms. The van der Waals surface area contributed by atoms with Crippen molar-refractivity contribution in [3.05, 3.63) is 17.3 Å². The molecule has 0 saturated carbocycles. The molecule has 0 unspecified atom stereocenters. The Morgan fingerprint density at radius 2 is 1.84 bits per heavy atom. The number of H-pyrrole nitrogens is 1. The minimum absolute atomic E-state index is 0.0797. The zero-order valence-corrected chi connectivity index (χ0v) is 19.5. The topological polar surface area (TPSA) is 113 Å². The number of amides is 2. The summed E-state index contributed by atoms with van der Waals surface area (Å²) in [7, 11) is 0. The highest BCUT2D eigenvalue weighted by atomic mass is 35.5. The van der Waals surface area contributed by atoms with Gasteiger partial charge in [-0.25, -0.2) is 20.0 Å². The Balaban J connectivity index is 1.77. The van der Waals surface area contributed by atoms with Crippen LogP contribution in [0.5, 0.6) is 0 Å². The van der Waals surface area contributed by atoms with E-state index in [0.29, 0.717) is 35.4 Å². The largest absolute Gasteiger partial charge is 0.474 e. The van der Waals surface area contributed by atoms with Crippen LogP contribution in [-0.4, -0.2) is 52.6 Å². The molecule has 0 bridgehead atoms. The van der Waals surface area contributed by atoms with Gasteiger partial charge in [-0.2, -0.15) is 0 Å². The molecule has 3 N–H and O–H groups in total. The monoisotopic (exact) mass is 453 g/mol. The Morgan fingerprint density at radius 3 is 2.48 bits per heavy atom. The van der Waals surface area contributed by atoms with E-state index < -0.39 is 23.4 Å². The second-order valence-corrected chi connectivity index (χ2v) is 9.89. The maximum Gasteiger partial charge on any atom is 0.474 e. The number of hydrogen-bond donors (Lipinski definition) is 3. The predicted octanol–water partition coefficient (Wildman–Crippen LogP) is 3.25. The van der Waals surface area contributed by atoms with Crippen LogP contribution in [0.15, 0.2) is 12.3 Å². The molecular weight excluding hydrogens is 424 g/mol. The van der Waals surface area contributed by atoms with Crippen molar-refractivity contribution < 1.29 is 23.6 Å². The van der Waals surface area contributed by atoms with Gasteiger partial charge in [0.25, 0.3) is 5.82 Å². The molecule has 1 atom stereocenters. The predicted molar refractivity (Wildman–Crippen MR) is 117 cm³/mol. The third kappa shape index (κ3) is 6.13. The van der Waals surface area contributed by atoms with E-state index in [1.165, 1.54) is 0 Å². The Kier molecular flexibility index (Phi) is 6.22. The highest BCUT2D eigenvalue weighted by Gasteiger charge is 2.31. The molecule has 0 aromatic carbocycles. The molecule has 1 aliphatic heterocycles. The lowest BCUT2D eigenvalue weighted by Crippen LogP contribution is -2.40. The summed E-state index contributed by atoms with van der Waals surface area (Å²) in [4.78, 5) is 31.0. The van der Waals surface area contributed by atoms with E-state index in [0.717, 1.165) is 6.42 Å². The van der Waals surface area contributed by atoms with Gasteiger partial charge >= 0.3 is 17.8 Å². The summed E-state index contributed by atoms with van der Waals surface area (Å²) in [6.45, 7) is 12.1. The number of aromatic nitrogens is 3. The van der Waals surface area contributed by atoms with Gasteiger partial charge in [0.2, 0.25) is 5.82 Å². The fourth-order valence-corrected chi connectivity index (χ4v) is 3.37. The molecule has 0 aliphatic carbocycles. The van der Waals surface area contributed by atoms with Crippen LogP contribution in [0, 0.1) is 0 Å². The number of nitrogens with zero attached hydrogens (tertiary/aromatic N) is 3. The Bertz CT molecular complexity index is 978. The summed E-state index contributed by atoms with van der Waals surface area (Å²) in [5.74, 6) is 1.06. The van der Waals surface area contributed by atoms with Gasteiger partial charge in [-0.3, -0.25) is 0 Å². The number of carbonyl (C=O) groups is 2. The molecule has 2 aromatic heterocycles. The third-order valence-electron chi connectivity index (χ3n) is 4.34. The molecule has 31 heavy (non-hydrogen) atoms. The minimum atomic E-state index is -0.632. The lowest BCUT2D eigenvalue weighted by atomic mass is 10.2. The standard InChI is InChI=1S/C20H29ClN6O4/c1-19(2,3)30-17(28)23-12-7-8-26(11-12)14-9-15(25-18(29)31-20(4,5)6)27-16(24-14)13(21)10-22-27/h9-10,12H,7-8,11H2,1-6H3,(H2,22,23,24,25,28,29)/p+1/t12-/m0/s1. The van der Waals surface area contributed by atoms with E-state index in [4.69, 9.17) is 21.1 Å². The molecule has 3 rings (SSSR count). The van der Waals surface area contributed by atoms with Crippen LogP contribution in [0.3, 0.4) is 0 Å². The van der Waals surface area contributed by atoms with E-state index in [1.807, 2.05) is 25.7 Å². The highest BCUT2D eigenvalue weighted by molar-refractivity contribution is 6.33. The summed E-state index contributed by atoms with van der Waals surface area (Å²) < 4.78 is 12.3. The molecular formula is C20H30ClN6O4+. The van der Waals surface area contributed by atoms with E-state index in [9.17, 15) is 9.59 Å². The highest BCUT2D eigenvalue weighted by Crippen LogP contribution is 2.23. The number of hydrogen-bond acceptors (Lipinski definition) is 6. The van der Waals surface area contributed by atoms with Crippen LogP contribution >= 0.6 is 11.6 Å². The second-order valence-electron chi connectivity index (χ2n) is 9.48. The summed E-state index contributed by atoms with van der Waals surface area (Å²) in [5, 5.41) is 9.01. The van der Waals surface area contributed by atoms with E-state index in [2.05, 4.69) is 20.7 Å². The normalized spacial score (nSPS) is 17.0. The molecule has 1 saturated heterocycles. The number of rotatable bonds is 3. The van der Waals surface area contributed by atoms with Crippen LogP contribution in [0.25, 0.3) is 5.65 Å². The molecule has 170 valence electrons. The first-order chi connectivity index (χ1) is 14.3. The molecule has 2 amide bonds. The summed E-state index contributed by atoms with van der Waals surface area (Å²) in [6, 6.07) is 1.66. The average Bonchev–Trinajstić information content (AvgIpc) is 3.18. The molecule has 2 aromatic rings. The molecule has 10 nitrogen and oxygen atoms in total. The molecule has 1 fully saturated rings. The number of alkyl carbamates (subject to hydrolysis) is 1. The van der Waals surface area contributed by atoms with Crippen LogP contribution in [0.1, 0.15) is 48.0 Å². The number of ether oxygens (including phenoxy) is 2. The SMILES string of the molecule is CC(C)(C)OC(=O)Nc1cc(N2CC[C@H](NC(=O)OC(C)(C)C)C2)nc2c(Cl)c[nH][n+]12. The first-order valence-corrected chi connectivity index (χ1v) is 10.5. The van der Waals surface area contributed by atoms with Crippen molar-refractivity contribution in [1.82, 2.24) is 15.4 Å². The van der Waals surface area contributed by atoms with E-state index in [-0.39, 0.29) is 6.04 Å². The first-order valence-electron chi connectivity index (χ1n) is 10.1. The Labute approximate surface area is 186 Å². The van der Waals surface area contributed by atoms with Gasteiger partial charge < -0.3 is 19.7 Å². The number of aromatic amines is 1. The quantitative estimate of drug-likeness (QED) is 0.615. The van der Waals surface area contributed by atoms with Gasteiger partial charge in [0, 0.05) is 13.1 Å². The van der Waals surface area contributed by atoms with Crippen molar-refractivity contribution in [2.24, 2.45) is 0 Å². The van der Waals surface area contributed by atoms with Gasteiger partial charge in [0.1, 0.15) is 16.2 Å². The smallest absolute Gasteiger partial charge is 0.444 e. The lowest BCUT2D eigenvalue weighted by molar-refractivity contribution is -0.563. The fraction of sp³-hybridized carbons (Fsp3) is 0.600. The molecule has 0 radical (unpaired) electrons. The number of halogens is 1. The van der Waals surface area contributed by atoms with E-state index in [1.54, 1.807) is 37.5 Å². The van der Waals surface area contributed by atoms with Gasteiger partial charge in [0.05, 0.1) is 18.3 Å². The van der Waals surface area contributed by atoms with Gasteiger partial charge in [-0.1, -0.05) is 16.6 Å². The van der Waals surface area contributed by atoms with Crippen LogP contribution in [0.2, 0.25) is 5.02 Å². The molecule has 3 heterocycles. The molecule has 11 heteroatoms. The van der Waals surface area contributed by atoms with Crippen molar-refractivity contribution in [2.45, 2.75) is 65.2 Å². The third-order valence-corrected chi connectivity index (χ3v) is 4.61. The van der Waals surface area contributed by atoms with Crippen molar-refractivity contribution in [1.29, 1.82) is 0 Å². The maximum absolute atomic E-state index is 12.3. The number of fused-ring (bicyclic) bond motifs is 1.